The van der Waals surface area contributed by atoms with E-state index in [2.05, 4.69) is 4.74 Å². The van der Waals surface area contributed by atoms with E-state index in [0.717, 1.165) is 10.1 Å². The molecule has 0 aliphatic carbocycles. The molecule has 6 heteroatoms. The largest absolute Gasteiger partial charge is 0.466 e. The molecule has 0 radical (unpaired) electrons. The van der Waals surface area contributed by atoms with Crippen LogP contribution in [-0.4, -0.2) is 25.7 Å². The van der Waals surface area contributed by atoms with Gasteiger partial charge in [0.05, 0.1) is 7.11 Å². The van der Waals surface area contributed by atoms with Crippen LogP contribution in [0.1, 0.15) is 9.67 Å². The van der Waals surface area contributed by atoms with Crippen LogP contribution in [0.25, 0.3) is 10.1 Å². The summed E-state index contributed by atoms with van der Waals surface area (Å²) in [7, 11) is 1.23. The van der Waals surface area contributed by atoms with Gasteiger partial charge in [-0.1, -0.05) is 0 Å². The van der Waals surface area contributed by atoms with Crippen LogP contribution in [0.3, 0.4) is 0 Å². The lowest BCUT2D eigenvalue weighted by Crippen LogP contribution is -2.14. The van der Waals surface area contributed by atoms with E-state index >= 15 is 0 Å². The first-order chi connectivity index (χ1) is 8.60. The monoisotopic (exact) mass is 265 g/mol. The Morgan fingerprint density at radius 3 is 2.83 bits per heavy atom. The Kier molecular flexibility index (Phi) is 3.47. The van der Waals surface area contributed by atoms with Gasteiger partial charge in [-0.25, -0.2) is 9.59 Å². The van der Waals surface area contributed by atoms with Gasteiger partial charge in [0.15, 0.2) is 6.61 Å². The molecule has 1 heterocycles. The minimum absolute atomic E-state index is 0.383. The third kappa shape index (κ3) is 2.60. The Morgan fingerprint density at radius 2 is 2.11 bits per heavy atom. The van der Waals surface area contributed by atoms with Gasteiger partial charge >= 0.3 is 11.9 Å². The number of fused-ring (bicyclic) bond motifs is 1. The summed E-state index contributed by atoms with van der Waals surface area (Å²) < 4.78 is 10.1. The van der Waals surface area contributed by atoms with Crippen molar-refractivity contribution in [2.24, 2.45) is 0 Å². The summed E-state index contributed by atoms with van der Waals surface area (Å²) >= 11 is 1.29. The Balaban J connectivity index is 2.15. The number of nitrogen functional groups attached to an aromatic ring is 1. The van der Waals surface area contributed by atoms with Crippen LogP contribution < -0.4 is 5.73 Å². The predicted molar refractivity (Wildman–Crippen MR) is 68.5 cm³/mol. The zero-order valence-corrected chi connectivity index (χ0v) is 10.5. The number of carbonyl (C=O) groups excluding carboxylic acids is 2. The van der Waals surface area contributed by atoms with Crippen molar-refractivity contribution < 1.29 is 19.1 Å². The molecule has 2 aromatic rings. The molecule has 2 N–H and O–H groups in total. The van der Waals surface area contributed by atoms with Gasteiger partial charge in [-0.05, 0) is 29.7 Å². The number of anilines is 1. The molecule has 0 aliphatic rings. The van der Waals surface area contributed by atoms with Crippen molar-refractivity contribution in [1.29, 1.82) is 0 Å². The Bertz CT molecular complexity index is 605. The lowest BCUT2D eigenvalue weighted by Gasteiger charge is -2.00. The van der Waals surface area contributed by atoms with Crippen molar-refractivity contribution in [2.75, 3.05) is 19.5 Å². The molecule has 0 saturated heterocycles. The number of thiophene rings is 1. The maximum absolute atomic E-state index is 11.7. The van der Waals surface area contributed by atoms with Gasteiger partial charge in [0, 0.05) is 10.4 Å². The zero-order valence-electron chi connectivity index (χ0n) is 9.64. The van der Waals surface area contributed by atoms with E-state index in [9.17, 15) is 9.59 Å². The molecule has 0 aliphatic heterocycles. The summed E-state index contributed by atoms with van der Waals surface area (Å²) in [5.41, 5.74) is 6.29. The van der Waals surface area contributed by atoms with Gasteiger partial charge in [-0.3, -0.25) is 0 Å². The van der Waals surface area contributed by atoms with Crippen LogP contribution in [0.15, 0.2) is 24.3 Å². The molecule has 94 valence electrons. The molecule has 5 nitrogen and oxygen atoms in total. The second-order valence-electron chi connectivity index (χ2n) is 3.56. The summed E-state index contributed by atoms with van der Waals surface area (Å²) in [5, 5.41) is 0.880. The minimum atomic E-state index is -0.589. The number of ether oxygens (including phenoxy) is 2. The summed E-state index contributed by atoms with van der Waals surface area (Å²) in [6.45, 7) is -0.383. The van der Waals surface area contributed by atoms with E-state index in [1.54, 1.807) is 18.2 Å². The average molecular weight is 265 g/mol. The quantitative estimate of drug-likeness (QED) is 0.676. The highest BCUT2D eigenvalue weighted by Gasteiger charge is 2.13. The molecule has 1 aromatic heterocycles. The Morgan fingerprint density at radius 1 is 1.33 bits per heavy atom. The van der Waals surface area contributed by atoms with E-state index < -0.39 is 11.9 Å². The Labute approximate surface area is 107 Å². The van der Waals surface area contributed by atoms with Gasteiger partial charge in [0.2, 0.25) is 0 Å². The van der Waals surface area contributed by atoms with Crippen LogP contribution in [0.5, 0.6) is 0 Å². The van der Waals surface area contributed by atoms with Crippen molar-refractivity contribution in [2.45, 2.75) is 0 Å². The molecular weight excluding hydrogens is 254 g/mol. The van der Waals surface area contributed by atoms with Crippen LogP contribution in [-0.2, 0) is 14.3 Å². The number of benzene rings is 1. The predicted octanol–water partition coefficient (Wildman–Crippen LogP) is 1.81. The normalized spacial score (nSPS) is 10.3. The first-order valence-electron chi connectivity index (χ1n) is 5.13. The minimum Gasteiger partial charge on any atom is -0.466 e. The van der Waals surface area contributed by atoms with Crippen LogP contribution in [0, 0.1) is 0 Å². The maximum Gasteiger partial charge on any atom is 0.348 e. The van der Waals surface area contributed by atoms with Gasteiger partial charge < -0.3 is 15.2 Å². The fourth-order valence-corrected chi connectivity index (χ4v) is 2.35. The number of rotatable bonds is 3. The summed E-state index contributed by atoms with van der Waals surface area (Å²) in [5.74, 6) is -1.13. The second-order valence-corrected chi connectivity index (χ2v) is 4.64. The summed E-state index contributed by atoms with van der Waals surface area (Å²) in [6, 6.07) is 7.08. The molecule has 0 fully saturated rings. The maximum atomic E-state index is 11.7. The van der Waals surface area contributed by atoms with Crippen LogP contribution in [0.2, 0.25) is 0 Å². The van der Waals surface area contributed by atoms with Crippen molar-refractivity contribution in [1.82, 2.24) is 0 Å². The van der Waals surface area contributed by atoms with Crippen LogP contribution in [0.4, 0.5) is 5.69 Å². The number of hydrogen-bond acceptors (Lipinski definition) is 6. The van der Waals surface area contributed by atoms with E-state index in [-0.39, 0.29) is 6.61 Å². The number of hydrogen-bond donors (Lipinski definition) is 1. The van der Waals surface area contributed by atoms with E-state index in [4.69, 9.17) is 10.5 Å². The molecule has 0 spiro atoms. The summed E-state index contributed by atoms with van der Waals surface area (Å²) in [6.07, 6.45) is 0. The van der Waals surface area contributed by atoms with Gasteiger partial charge in [-0.15, -0.1) is 11.3 Å². The van der Waals surface area contributed by atoms with Gasteiger partial charge in [-0.2, -0.15) is 0 Å². The number of nitrogens with two attached hydrogens (primary N) is 1. The average Bonchev–Trinajstić information content (AvgIpc) is 2.78. The fourth-order valence-electron chi connectivity index (χ4n) is 1.42. The third-order valence-electron chi connectivity index (χ3n) is 2.29. The first-order valence-corrected chi connectivity index (χ1v) is 5.95. The Hall–Kier alpha value is -2.08. The zero-order chi connectivity index (χ0) is 13.1. The summed E-state index contributed by atoms with van der Waals surface area (Å²) in [4.78, 5) is 23.0. The van der Waals surface area contributed by atoms with E-state index in [1.807, 2.05) is 6.07 Å². The SMILES string of the molecule is COC(=O)COC(=O)c1cc2cc(N)ccc2s1. The highest BCUT2D eigenvalue weighted by molar-refractivity contribution is 7.20. The van der Waals surface area contributed by atoms with Crippen LogP contribution >= 0.6 is 11.3 Å². The standard InChI is InChI=1S/C12H11NO4S/c1-16-11(14)6-17-12(15)10-5-7-4-8(13)2-3-9(7)18-10/h2-5H,6,13H2,1H3. The van der Waals surface area contributed by atoms with Crippen molar-refractivity contribution in [3.63, 3.8) is 0 Å². The highest BCUT2D eigenvalue weighted by atomic mass is 32.1. The number of carbonyl (C=O) groups is 2. The smallest absolute Gasteiger partial charge is 0.348 e. The molecule has 2 rings (SSSR count). The van der Waals surface area contributed by atoms with Crippen molar-refractivity contribution in [3.05, 3.63) is 29.1 Å². The number of esters is 2. The second kappa shape index (κ2) is 5.05. The van der Waals surface area contributed by atoms with Gasteiger partial charge in [0.1, 0.15) is 4.88 Å². The molecular formula is C12H11NO4S. The van der Waals surface area contributed by atoms with Crippen molar-refractivity contribution in [3.8, 4) is 0 Å². The van der Waals surface area contributed by atoms with Crippen molar-refractivity contribution >= 4 is 39.0 Å². The van der Waals surface area contributed by atoms with E-state index in [1.165, 1.54) is 18.4 Å². The number of methoxy groups -OCH3 is 1. The topological polar surface area (TPSA) is 78.6 Å². The molecule has 0 atom stereocenters. The third-order valence-corrected chi connectivity index (χ3v) is 3.39. The molecule has 0 amide bonds. The molecule has 0 saturated carbocycles. The molecule has 0 bridgehead atoms. The molecule has 0 unspecified atom stereocenters. The first kappa shape index (κ1) is 12.4. The highest BCUT2D eigenvalue weighted by Crippen LogP contribution is 2.27. The lowest BCUT2D eigenvalue weighted by molar-refractivity contribution is -0.144. The molecule has 1 aromatic carbocycles. The lowest BCUT2D eigenvalue weighted by atomic mass is 10.2. The van der Waals surface area contributed by atoms with E-state index in [0.29, 0.717) is 10.6 Å². The molecule has 18 heavy (non-hydrogen) atoms. The fraction of sp³-hybridized carbons (Fsp3) is 0.167. The van der Waals surface area contributed by atoms with Gasteiger partial charge in [0.25, 0.3) is 0 Å².